The SMILES string of the molecule is C=C(Cl)CNCc1cn(C)nc1C(C)(C)C. The van der Waals surface area contributed by atoms with Crippen LogP contribution in [-0.2, 0) is 19.0 Å². The van der Waals surface area contributed by atoms with Crippen LogP contribution in [0.5, 0.6) is 0 Å². The van der Waals surface area contributed by atoms with Crippen molar-refractivity contribution in [2.45, 2.75) is 32.7 Å². The Morgan fingerprint density at radius 1 is 1.56 bits per heavy atom. The summed E-state index contributed by atoms with van der Waals surface area (Å²) in [5.41, 5.74) is 2.41. The first kappa shape index (κ1) is 13.3. The van der Waals surface area contributed by atoms with Crippen molar-refractivity contribution < 1.29 is 0 Å². The highest BCUT2D eigenvalue weighted by molar-refractivity contribution is 6.29. The Labute approximate surface area is 102 Å². The van der Waals surface area contributed by atoms with Crippen LogP contribution in [0, 0.1) is 0 Å². The maximum Gasteiger partial charge on any atom is 0.0722 e. The maximum absolute atomic E-state index is 5.70. The van der Waals surface area contributed by atoms with E-state index in [0.29, 0.717) is 11.6 Å². The third kappa shape index (κ3) is 3.65. The highest BCUT2D eigenvalue weighted by Crippen LogP contribution is 2.23. The lowest BCUT2D eigenvalue weighted by atomic mass is 9.89. The van der Waals surface area contributed by atoms with Crippen molar-refractivity contribution in [2.24, 2.45) is 7.05 Å². The lowest BCUT2D eigenvalue weighted by Crippen LogP contribution is -2.19. The number of nitrogens with one attached hydrogen (secondary N) is 1. The summed E-state index contributed by atoms with van der Waals surface area (Å²) in [5, 5.41) is 8.37. The van der Waals surface area contributed by atoms with Crippen molar-refractivity contribution in [1.82, 2.24) is 15.1 Å². The molecular weight excluding hydrogens is 222 g/mol. The Morgan fingerprint density at radius 2 is 2.19 bits per heavy atom. The van der Waals surface area contributed by atoms with Gasteiger partial charge >= 0.3 is 0 Å². The molecule has 0 aromatic carbocycles. The van der Waals surface area contributed by atoms with Gasteiger partial charge in [0.15, 0.2) is 0 Å². The van der Waals surface area contributed by atoms with Crippen molar-refractivity contribution >= 4 is 11.6 Å². The number of hydrogen-bond acceptors (Lipinski definition) is 2. The van der Waals surface area contributed by atoms with Crippen LogP contribution in [0.1, 0.15) is 32.0 Å². The molecule has 0 atom stereocenters. The fourth-order valence-electron chi connectivity index (χ4n) is 1.63. The molecular formula is C12H20ClN3. The van der Waals surface area contributed by atoms with Gasteiger partial charge in [-0.2, -0.15) is 5.10 Å². The Bertz CT molecular complexity index is 374. The van der Waals surface area contributed by atoms with Crippen LogP contribution in [0.25, 0.3) is 0 Å². The second kappa shape index (κ2) is 5.02. The van der Waals surface area contributed by atoms with Gasteiger partial charge in [0.05, 0.1) is 5.69 Å². The van der Waals surface area contributed by atoms with Gasteiger partial charge in [-0.1, -0.05) is 39.0 Å². The molecule has 0 spiro atoms. The Balaban J connectivity index is 2.75. The summed E-state index contributed by atoms with van der Waals surface area (Å²) < 4.78 is 1.85. The van der Waals surface area contributed by atoms with Crippen molar-refractivity contribution in [3.8, 4) is 0 Å². The Morgan fingerprint density at radius 3 is 2.69 bits per heavy atom. The molecule has 1 aromatic heterocycles. The first-order valence-corrected chi connectivity index (χ1v) is 5.75. The zero-order valence-corrected chi connectivity index (χ0v) is 11.2. The number of halogens is 1. The van der Waals surface area contributed by atoms with Crippen molar-refractivity contribution in [3.63, 3.8) is 0 Å². The van der Waals surface area contributed by atoms with Crippen LogP contribution >= 0.6 is 11.6 Å². The molecule has 0 saturated carbocycles. The third-order valence-electron chi connectivity index (χ3n) is 2.25. The van der Waals surface area contributed by atoms with E-state index in [2.05, 4.69) is 37.8 Å². The van der Waals surface area contributed by atoms with E-state index in [4.69, 9.17) is 11.6 Å². The van der Waals surface area contributed by atoms with E-state index in [-0.39, 0.29) is 5.41 Å². The highest BCUT2D eigenvalue weighted by Gasteiger charge is 2.21. The van der Waals surface area contributed by atoms with Gasteiger partial charge in [-0.25, -0.2) is 0 Å². The topological polar surface area (TPSA) is 29.9 Å². The van der Waals surface area contributed by atoms with Gasteiger partial charge in [-0.15, -0.1) is 0 Å². The molecule has 3 nitrogen and oxygen atoms in total. The predicted molar refractivity (Wildman–Crippen MR) is 68.6 cm³/mol. The maximum atomic E-state index is 5.70. The minimum absolute atomic E-state index is 0.0657. The molecule has 0 saturated heterocycles. The smallest absolute Gasteiger partial charge is 0.0722 e. The number of aryl methyl sites for hydroxylation is 1. The predicted octanol–water partition coefficient (Wildman–Crippen LogP) is 2.56. The number of rotatable bonds is 4. The molecule has 1 rings (SSSR count). The molecule has 0 radical (unpaired) electrons. The molecule has 0 aliphatic heterocycles. The molecule has 90 valence electrons. The molecule has 4 heteroatoms. The highest BCUT2D eigenvalue weighted by atomic mass is 35.5. The molecule has 0 fully saturated rings. The van der Waals surface area contributed by atoms with E-state index in [1.807, 2.05) is 17.9 Å². The number of nitrogens with zero attached hydrogens (tertiary/aromatic N) is 2. The minimum Gasteiger partial charge on any atom is -0.308 e. The number of aromatic nitrogens is 2. The normalized spacial score (nSPS) is 11.8. The van der Waals surface area contributed by atoms with Gasteiger partial charge in [-0.3, -0.25) is 4.68 Å². The first-order valence-electron chi connectivity index (χ1n) is 5.37. The van der Waals surface area contributed by atoms with E-state index >= 15 is 0 Å². The van der Waals surface area contributed by atoms with E-state index in [9.17, 15) is 0 Å². The van der Waals surface area contributed by atoms with Gasteiger partial charge < -0.3 is 5.32 Å². The van der Waals surface area contributed by atoms with Crippen LogP contribution in [0.4, 0.5) is 0 Å². The lowest BCUT2D eigenvalue weighted by molar-refractivity contribution is 0.545. The summed E-state index contributed by atoms with van der Waals surface area (Å²) in [5.74, 6) is 0. The monoisotopic (exact) mass is 241 g/mol. The average Bonchev–Trinajstić information content (AvgIpc) is 2.45. The van der Waals surface area contributed by atoms with Crippen LogP contribution in [0.15, 0.2) is 17.8 Å². The fourth-order valence-corrected chi connectivity index (χ4v) is 1.73. The van der Waals surface area contributed by atoms with E-state index < -0.39 is 0 Å². The summed E-state index contributed by atoms with van der Waals surface area (Å²) in [7, 11) is 1.94. The van der Waals surface area contributed by atoms with Crippen LogP contribution in [-0.4, -0.2) is 16.3 Å². The second-order valence-corrected chi connectivity index (χ2v) is 5.58. The molecule has 1 heterocycles. The summed E-state index contributed by atoms with van der Waals surface area (Å²) in [6.07, 6.45) is 2.05. The summed E-state index contributed by atoms with van der Waals surface area (Å²) in [6.45, 7) is 11.5. The number of hydrogen-bond donors (Lipinski definition) is 1. The molecule has 0 bridgehead atoms. The van der Waals surface area contributed by atoms with Gasteiger partial charge in [0.2, 0.25) is 0 Å². The molecule has 16 heavy (non-hydrogen) atoms. The zero-order chi connectivity index (χ0) is 12.3. The van der Waals surface area contributed by atoms with Gasteiger partial charge in [0.1, 0.15) is 0 Å². The summed E-state index contributed by atoms with van der Waals surface area (Å²) >= 11 is 5.70. The molecule has 0 amide bonds. The van der Waals surface area contributed by atoms with Crippen LogP contribution < -0.4 is 5.32 Å². The van der Waals surface area contributed by atoms with Gasteiger partial charge in [-0.05, 0) is 0 Å². The molecule has 0 unspecified atom stereocenters. The Kier molecular flexibility index (Phi) is 4.16. The van der Waals surface area contributed by atoms with E-state index in [1.165, 1.54) is 5.56 Å². The second-order valence-electron chi connectivity index (χ2n) is 5.05. The summed E-state index contributed by atoms with van der Waals surface area (Å²) in [4.78, 5) is 0. The molecule has 1 N–H and O–H groups in total. The lowest BCUT2D eigenvalue weighted by Gasteiger charge is -2.17. The fraction of sp³-hybridized carbons (Fsp3) is 0.583. The van der Waals surface area contributed by atoms with Crippen molar-refractivity contribution in [3.05, 3.63) is 29.1 Å². The van der Waals surface area contributed by atoms with Crippen molar-refractivity contribution in [2.75, 3.05) is 6.54 Å². The zero-order valence-electron chi connectivity index (χ0n) is 10.5. The third-order valence-corrected chi connectivity index (χ3v) is 2.38. The van der Waals surface area contributed by atoms with Crippen molar-refractivity contribution in [1.29, 1.82) is 0 Å². The van der Waals surface area contributed by atoms with Crippen LogP contribution in [0.2, 0.25) is 0 Å². The van der Waals surface area contributed by atoms with Crippen LogP contribution in [0.3, 0.4) is 0 Å². The van der Waals surface area contributed by atoms with Gasteiger partial charge in [0.25, 0.3) is 0 Å². The Hall–Kier alpha value is -0.800. The standard InChI is InChI=1S/C12H20ClN3/c1-9(13)6-14-7-10-8-16(5)15-11(10)12(2,3)4/h8,14H,1,6-7H2,2-5H3. The largest absolute Gasteiger partial charge is 0.308 e. The molecule has 0 aliphatic rings. The average molecular weight is 242 g/mol. The van der Waals surface area contributed by atoms with E-state index in [1.54, 1.807) is 0 Å². The molecule has 1 aromatic rings. The van der Waals surface area contributed by atoms with E-state index in [0.717, 1.165) is 12.2 Å². The first-order chi connectivity index (χ1) is 7.30. The van der Waals surface area contributed by atoms with Gasteiger partial charge in [0, 0.05) is 42.3 Å². The molecule has 0 aliphatic carbocycles. The summed E-state index contributed by atoms with van der Waals surface area (Å²) in [6, 6.07) is 0. The quantitative estimate of drug-likeness (QED) is 0.878. The minimum atomic E-state index is 0.0657.